The molecule has 0 bridgehead atoms. The molecule has 142 valence electrons. The summed E-state index contributed by atoms with van der Waals surface area (Å²) in [5.74, 6) is -0.124. The van der Waals surface area contributed by atoms with Gasteiger partial charge >= 0.3 is 6.03 Å². The number of benzene rings is 2. The van der Waals surface area contributed by atoms with E-state index in [1.807, 2.05) is 32.0 Å². The van der Waals surface area contributed by atoms with Gasteiger partial charge in [-0.2, -0.15) is 4.37 Å². The van der Waals surface area contributed by atoms with E-state index in [9.17, 15) is 14.3 Å². The molecule has 0 aliphatic rings. The first-order chi connectivity index (χ1) is 12.9. The Kier molecular flexibility index (Phi) is 6.03. The zero-order valence-electron chi connectivity index (χ0n) is 15.2. The van der Waals surface area contributed by atoms with Gasteiger partial charge in [0.1, 0.15) is 5.82 Å². The van der Waals surface area contributed by atoms with E-state index >= 15 is 0 Å². The fourth-order valence-corrected chi connectivity index (χ4v) is 3.46. The minimum atomic E-state index is -0.890. The predicted molar refractivity (Wildman–Crippen MR) is 106 cm³/mol. The maximum atomic E-state index is 13.1. The summed E-state index contributed by atoms with van der Waals surface area (Å²) in [6, 6.07) is 11.0. The Morgan fingerprint density at radius 1 is 1.22 bits per heavy atom. The lowest BCUT2D eigenvalue weighted by Gasteiger charge is -2.27. The van der Waals surface area contributed by atoms with Gasteiger partial charge < -0.3 is 15.3 Å². The van der Waals surface area contributed by atoms with Crippen LogP contribution in [-0.4, -0.2) is 33.5 Å². The average molecular weight is 387 g/mol. The Bertz CT molecular complexity index is 911. The lowest BCUT2D eigenvalue weighted by Crippen LogP contribution is -2.40. The molecule has 3 rings (SSSR count). The first kappa shape index (κ1) is 19.3. The highest BCUT2D eigenvalue weighted by molar-refractivity contribution is 7.13. The quantitative estimate of drug-likeness (QED) is 0.647. The predicted octanol–water partition coefficient (Wildman–Crippen LogP) is 4.66. The fourth-order valence-electron chi connectivity index (χ4n) is 2.83. The standard InChI is InChI=1S/C20H22FN3O2S/c1-13(2)11-24(12-18(25)14-3-5-16(21)6-4-14)20(26)23-17-7-8-19-15(9-17)10-22-27-19/h3-10,13,18,25H,11-12H2,1-2H3,(H,23,26)/t18-/m0/s1. The molecular weight excluding hydrogens is 365 g/mol. The van der Waals surface area contributed by atoms with E-state index in [1.165, 1.54) is 35.8 Å². The van der Waals surface area contributed by atoms with Crippen LogP contribution in [0.2, 0.25) is 0 Å². The molecule has 1 atom stereocenters. The SMILES string of the molecule is CC(C)CN(C[C@H](O)c1ccc(F)cc1)C(=O)Nc1ccc2sncc2c1. The van der Waals surface area contributed by atoms with Crippen LogP contribution in [0.5, 0.6) is 0 Å². The summed E-state index contributed by atoms with van der Waals surface area (Å²) in [6.07, 6.45) is 0.874. The third kappa shape index (κ3) is 5.02. The molecule has 1 heterocycles. The summed E-state index contributed by atoms with van der Waals surface area (Å²) >= 11 is 1.40. The van der Waals surface area contributed by atoms with Gasteiger partial charge in [-0.3, -0.25) is 0 Å². The van der Waals surface area contributed by atoms with E-state index in [4.69, 9.17) is 0 Å². The lowest BCUT2D eigenvalue weighted by molar-refractivity contribution is 0.121. The zero-order valence-corrected chi connectivity index (χ0v) is 16.0. The normalized spacial score (nSPS) is 12.3. The van der Waals surface area contributed by atoms with E-state index in [0.717, 1.165) is 10.1 Å². The van der Waals surface area contributed by atoms with Gasteiger partial charge in [-0.25, -0.2) is 9.18 Å². The largest absolute Gasteiger partial charge is 0.387 e. The van der Waals surface area contributed by atoms with Gasteiger partial charge in [0.05, 0.1) is 17.3 Å². The molecule has 27 heavy (non-hydrogen) atoms. The molecule has 0 spiro atoms. The fraction of sp³-hybridized carbons (Fsp3) is 0.300. The number of urea groups is 1. The van der Waals surface area contributed by atoms with E-state index in [2.05, 4.69) is 9.69 Å². The van der Waals surface area contributed by atoms with Crippen molar-refractivity contribution in [1.29, 1.82) is 0 Å². The van der Waals surface area contributed by atoms with Crippen LogP contribution in [0.25, 0.3) is 10.1 Å². The Morgan fingerprint density at radius 3 is 2.67 bits per heavy atom. The summed E-state index contributed by atoms with van der Waals surface area (Å²) < 4.78 is 18.3. The summed E-state index contributed by atoms with van der Waals surface area (Å²) in [5.41, 5.74) is 1.25. The van der Waals surface area contributed by atoms with Crippen molar-refractivity contribution >= 4 is 33.3 Å². The van der Waals surface area contributed by atoms with Crippen molar-refractivity contribution in [3.8, 4) is 0 Å². The van der Waals surface area contributed by atoms with Gasteiger partial charge in [0.25, 0.3) is 0 Å². The van der Waals surface area contributed by atoms with Crippen molar-refractivity contribution in [1.82, 2.24) is 9.27 Å². The van der Waals surface area contributed by atoms with Crippen molar-refractivity contribution in [2.24, 2.45) is 5.92 Å². The molecule has 5 nitrogen and oxygen atoms in total. The lowest BCUT2D eigenvalue weighted by atomic mass is 10.1. The van der Waals surface area contributed by atoms with E-state index in [-0.39, 0.29) is 24.3 Å². The van der Waals surface area contributed by atoms with Gasteiger partial charge in [-0.05, 0) is 53.3 Å². The topological polar surface area (TPSA) is 65.5 Å². The second kappa shape index (κ2) is 8.45. The molecule has 2 amide bonds. The van der Waals surface area contributed by atoms with Crippen LogP contribution >= 0.6 is 11.5 Å². The average Bonchev–Trinajstić information content (AvgIpc) is 3.09. The molecular formula is C20H22FN3O2S. The van der Waals surface area contributed by atoms with Crippen LogP contribution < -0.4 is 5.32 Å². The summed E-state index contributed by atoms with van der Waals surface area (Å²) in [4.78, 5) is 14.4. The van der Waals surface area contributed by atoms with Crippen LogP contribution in [0.3, 0.4) is 0 Å². The van der Waals surface area contributed by atoms with Crippen LogP contribution in [-0.2, 0) is 0 Å². The van der Waals surface area contributed by atoms with Gasteiger partial charge in [-0.15, -0.1) is 0 Å². The highest BCUT2D eigenvalue weighted by atomic mass is 32.1. The number of aromatic nitrogens is 1. The van der Waals surface area contributed by atoms with Gasteiger partial charge in [0.15, 0.2) is 0 Å². The third-order valence-corrected chi connectivity index (χ3v) is 4.90. The van der Waals surface area contributed by atoms with Crippen LogP contribution in [0.15, 0.2) is 48.7 Å². The van der Waals surface area contributed by atoms with Gasteiger partial charge in [0.2, 0.25) is 0 Å². The molecule has 0 aliphatic carbocycles. The first-order valence-electron chi connectivity index (χ1n) is 8.76. The highest BCUT2D eigenvalue weighted by Crippen LogP contribution is 2.23. The van der Waals surface area contributed by atoms with E-state index in [0.29, 0.717) is 17.8 Å². The number of hydrogen-bond donors (Lipinski definition) is 2. The number of carbonyl (C=O) groups excluding carboxylic acids is 1. The van der Waals surface area contributed by atoms with E-state index < -0.39 is 6.10 Å². The number of carbonyl (C=O) groups is 1. The second-order valence-corrected chi connectivity index (χ2v) is 7.71. The molecule has 0 unspecified atom stereocenters. The van der Waals surface area contributed by atoms with Crippen molar-refractivity contribution < 1.29 is 14.3 Å². The number of fused-ring (bicyclic) bond motifs is 1. The smallest absolute Gasteiger partial charge is 0.321 e. The molecule has 0 saturated heterocycles. The second-order valence-electron chi connectivity index (χ2n) is 6.87. The number of aliphatic hydroxyl groups is 1. The molecule has 3 aromatic rings. The molecule has 7 heteroatoms. The number of aliphatic hydroxyl groups excluding tert-OH is 1. The molecule has 1 aromatic heterocycles. The van der Waals surface area contributed by atoms with Crippen molar-refractivity contribution in [3.05, 3.63) is 60.0 Å². The molecule has 0 saturated carbocycles. The number of anilines is 1. The number of amides is 2. The number of nitrogens with zero attached hydrogens (tertiary/aromatic N) is 2. The number of nitrogens with one attached hydrogen (secondary N) is 1. The van der Waals surface area contributed by atoms with Crippen LogP contribution in [0.1, 0.15) is 25.5 Å². The summed E-state index contributed by atoms with van der Waals surface area (Å²) in [5, 5.41) is 14.3. The Hall–Kier alpha value is -2.51. The van der Waals surface area contributed by atoms with Gasteiger partial charge in [-0.1, -0.05) is 26.0 Å². The zero-order chi connectivity index (χ0) is 19.4. The molecule has 0 aliphatic heterocycles. The molecule has 2 N–H and O–H groups in total. The Labute approximate surface area is 161 Å². The molecule has 0 fully saturated rings. The number of hydrogen-bond acceptors (Lipinski definition) is 4. The van der Waals surface area contributed by atoms with Crippen LogP contribution in [0, 0.1) is 11.7 Å². The Balaban J connectivity index is 1.72. The van der Waals surface area contributed by atoms with Crippen molar-refractivity contribution in [2.45, 2.75) is 20.0 Å². The van der Waals surface area contributed by atoms with E-state index in [1.54, 1.807) is 11.1 Å². The number of halogens is 1. The Morgan fingerprint density at radius 2 is 1.96 bits per heavy atom. The maximum Gasteiger partial charge on any atom is 0.321 e. The van der Waals surface area contributed by atoms with Crippen molar-refractivity contribution in [3.63, 3.8) is 0 Å². The monoisotopic (exact) mass is 387 g/mol. The summed E-state index contributed by atoms with van der Waals surface area (Å²) in [6.45, 7) is 4.63. The molecule has 0 radical (unpaired) electrons. The molecule has 2 aromatic carbocycles. The van der Waals surface area contributed by atoms with Crippen LogP contribution in [0.4, 0.5) is 14.9 Å². The highest BCUT2D eigenvalue weighted by Gasteiger charge is 2.20. The minimum Gasteiger partial charge on any atom is -0.387 e. The third-order valence-electron chi connectivity index (χ3n) is 4.12. The number of rotatable bonds is 6. The maximum absolute atomic E-state index is 13.1. The minimum absolute atomic E-state index is 0.123. The van der Waals surface area contributed by atoms with Crippen molar-refractivity contribution in [2.75, 3.05) is 18.4 Å². The summed E-state index contributed by atoms with van der Waals surface area (Å²) in [7, 11) is 0. The van der Waals surface area contributed by atoms with Gasteiger partial charge in [0, 0.05) is 23.8 Å². The first-order valence-corrected chi connectivity index (χ1v) is 9.53.